The zero-order valence-electron chi connectivity index (χ0n) is 8.45. The molecule has 0 amide bonds. The average molecular weight is 262 g/mol. The second kappa shape index (κ2) is 8.89. The van der Waals surface area contributed by atoms with Crippen LogP contribution in [-0.2, 0) is 0 Å². The SMILES string of the molecule is CCCCC[CH2][Sn]([CH2]C)[CH2]C. The van der Waals surface area contributed by atoms with E-state index in [1.165, 1.54) is 19.3 Å². The molecule has 0 aliphatic rings. The Bertz CT molecular complexity index is 67.3. The second-order valence-electron chi connectivity index (χ2n) is 3.27. The van der Waals surface area contributed by atoms with E-state index in [1.807, 2.05) is 0 Å². The van der Waals surface area contributed by atoms with Crippen LogP contribution in [0.1, 0.15) is 46.5 Å². The third-order valence-corrected chi connectivity index (χ3v) is 11.1. The Morgan fingerprint density at radius 1 is 0.818 bits per heavy atom. The fourth-order valence-electron chi connectivity index (χ4n) is 1.41. The predicted octanol–water partition coefficient (Wildman–Crippen LogP) is 4.10. The molecule has 0 bridgehead atoms. The van der Waals surface area contributed by atoms with Crippen molar-refractivity contribution in [1.29, 1.82) is 0 Å². The van der Waals surface area contributed by atoms with Gasteiger partial charge in [0.2, 0.25) is 0 Å². The predicted molar refractivity (Wildman–Crippen MR) is 55.7 cm³/mol. The molecule has 0 unspecified atom stereocenters. The van der Waals surface area contributed by atoms with Crippen molar-refractivity contribution in [2.45, 2.75) is 59.8 Å². The van der Waals surface area contributed by atoms with Gasteiger partial charge in [-0.05, 0) is 0 Å². The van der Waals surface area contributed by atoms with Crippen molar-refractivity contribution in [2.24, 2.45) is 0 Å². The summed E-state index contributed by atoms with van der Waals surface area (Å²) in [5.74, 6) is 0. The van der Waals surface area contributed by atoms with Gasteiger partial charge < -0.3 is 0 Å². The van der Waals surface area contributed by atoms with E-state index < -0.39 is 19.8 Å². The van der Waals surface area contributed by atoms with Gasteiger partial charge in [0, 0.05) is 0 Å². The maximum absolute atomic E-state index is 2.40. The Balaban J connectivity index is 3.07. The molecule has 67 valence electrons. The molecule has 0 nitrogen and oxygen atoms in total. The summed E-state index contributed by atoms with van der Waals surface area (Å²) in [5, 5.41) is 0. The molecule has 0 aliphatic heterocycles. The van der Waals surface area contributed by atoms with E-state index in [1.54, 1.807) is 19.7 Å². The summed E-state index contributed by atoms with van der Waals surface area (Å²) in [7, 11) is 0. The van der Waals surface area contributed by atoms with Gasteiger partial charge in [0.15, 0.2) is 0 Å². The van der Waals surface area contributed by atoms with Gasteiger partial charge in [0.25, 0.3) is 0 Å². The molecule has 0 fully saturated rings. The van der Waals surface area contributed by atoms with Gasteiger partial charge in [-0.3, -0.25) is 0 Å². The molecule has 0 rings (SSSR count). The molecule has 0 atom stereocenters. The Morgan fingerprint density at radius 3 is 1.91 bits per heavy atom. The van der Waals surface area contributed by atoms with Gasteiger partial charge in [-0.25, -0.2) is 0 Å². The van der Waals surface area contributed by atoms with E-state index >= 15 is 0 Å². The van der Waals surface area contributed by atoms with Crippen molar-refractivity contribution in [2.75, 3.05) is 0 Å². The zero-order valence-corrected chi connectivity index (χ0v) is 11.3. The van der Waals surface area contributed by atoms with Crippen molar-refractivity contribution in [1.82, 2.24) is 0 Å². The van der Waals surface area contributed by atoms with Crippen molar-refractivity contribution in [3.63, 3.8) is 0 Å². The van der Waals surface area contributed by atoms with Crippen LogP contribution in [0.25, 0.3) is 0 Å². The first-order chi connectivity index (χ1) is 5.35. The molecular formula is C10H23Sn. The van der Waals surface area contributed by atoms with Crippen LogP contribution in [0.5, 0.6) is 0 Å². The molecule has 1 heteroatoms. The first-order valence-electron chi connectivity index (χ1n) is 5.18. The third kappa shape index (κ3) is 7.17. The monoisotopic (exact) mass is 263 g/mol. The average Bonchev–Trinajstić information content (AvgIpc) is 2.05. The Kier molecular flexibility index (Phi) is 9.54. The third-order valence-electron chi connectivity index (χ3n) is 2.38. The Hall–Kier alpha value is 0.799. The number of hydrogen-bond acceptors (Lipinski definition) is 0. The minimum atomic E-state index is -0.751. The van der Waals surface area contributed by atoms with Crippen LogP contribution in [0.15, 0.2) is 0 Å². The first-order valence-corrected chi connectivity index (χ1v) is 11.2. The number of rotatable bonds is 7. The standard InChI is InChI=1S/C6H13.2C2H5.Sn/c1-3-5-6-4-2;2*1-2;/h1,3-6H2,2H3;2*1H2,2H3;. The normalized spacial score (nSPS) is 10.9. The van der Waals surface area contributed by atoms with E-state index in [2.05, 4.69) is 20.8 Å². The van der Waals surface area contributed by atoms with Crippen LogP contribution in [-0.4, -0.2) is 19.8 Å². The van der Waals surface area contributed by atoms with Gasteiger partial charge in [-0.1, -0.05) is 0 Å². The van der Waals surface area contributed by atoms with Crippen LogP contribution < -0.4 is 0 Å². The quantitative estimate of drug-likeness (QED) is 0.478. The molecule has 1 radical (unpaired) electrons. The topological polar surface area (TPSA) is 0 Å². The van der Waals surface area contributed by atoms with E-state index in [9.17, 15) is 0 Å². The summed E-state index contributed by atoms with van der Waals surface area (Å²) in [6.07, 6.45) is 5.89. The van der Waals surface area contributed by atoms with Gasteiger partial charge in [0.05, 0.1) is 0 Å². The van der Waals surface area contributed by atoms with Crippen molar-refractivity contribution in [3.8, 4) is 0 Å². The van der Waals surface area contributed by atoms with Crippen LogP contribution in [0, 0.1) is 0 Å². The summed E-state index contributed by atoms with van der Waals surface area (Å²) < 4.78 is 4.81. The van der Waals surface area contributed by atoms with Crippen LogP contribution in [0.3, 0.4) is 0 Å². The fourth-order valence-corrected chi connectivity index (χ4v) is 6.99. The van der Waals surface area contributed by atoms with E-state index in [0.717, 1.165) is 0 Å². The summed E-state index contributed by atoms with van der Waals surface area (Å²) in [5.41, 5.74) is 0. The molecule has 0 saturated carbocycles. The molecule has 0 saturated heterocycles. The molecule has 0 aromatic rings. The molecule has 0 aliphatic carbocycles. The van der Waals surface area contributed by atoms with E-state index in [0.29, 0.717) is 0 Å². The van der Waals surface area contributed by atoms with Gasteiger partial charge in [0.1, 0.15) is 0 Å². The molecule has 11 heavy (non-hydrogen) atoms. The molecule has 0 spiro atoms. The fraction of sp³-hybridized carbons (Fsp3) is 1.00. The van der Waals surface area contributed by atoms with E-state index in [4.69, 9.17) is 0 Å². The summed E-state index contributed by atoms with van der Waals surface area (Å²) in [6.45, 7) is 7.09. The van der Waals surface area contributed by atoms with E-state index in [-0.39, 0.29) is 0 Å². The molecular weight excluding hydrogens is 239 g/mol. The zero-order chi connectivity index (χ0) is 8.53. The Morgan fingerprint density at radius 2 is 1.45 bits per heavy atom. The first kappa shape index (κ1) is 11.8. The van der Waals surface area contributed by atoms with Crippen molar-refractivity contribution < 1.29 is 0 Å². The molecule has 0 heterocycles. The number of unbranched alkanes of at least 4 members (excludes halogenated alkanes) is 3. The molecule has 0 aromatic heterocycles. The molecule has 0 aromatic carbocycles. The number of hydrogen-bond donors (Lipinski definition) is 0. The summed E-state index contributed by atoms with van der Waals surface area (Å²) in [6, 6.07) is 0. The van der Waals surface area contributed by atoms with Crippen molar-refractivity contribution >= 4 is 19.8 Å². The van der Waals surface area contributed by atoms with Crippen LogP contribution >= 0.6 is 0 Å². The van der Waals surface area contributed by atoms with Gasteiger partial charge >= 0.3 is 79.5 Å². The maximum atomic E-state index is 2.40. The Labute approximate surface area is 79.5 Å². The second-order valence-corrected chi connectivity index (χ2v) is 13.0. The minimum absolute atomic E-state index is 0.751. The summed E-state index contributed by atoms with van der Waals surface area (Å²) >= 11 is -0.751. The van der Waals surface area contributed by atoms with Crippen LogP contribution in [0.2, 0.25) is 13.3 Å². The molecule has 0 N–H and O–H groups in total. The van der Waals surface area contributed by atoms with Crippen LogP contribution in [0.4, 0.5) is 0 Å². The van der Waals surface area contributed by atoms with Gasteiger partial charge in [-0.2, -0.15) is 0 Å². The van der Waals surface area contributed by atoms with Crippen molar-refractivity contribution in [3.05, 3.63) is 0 Å². The summed E-state index contributed by atoms with van der Waals surface area (Å²) in [4.78, 5) is 0. The van der Waals surface area contributed by atoms with Gasteiger partial charge in [-0.15, -0.1) is 0 Å².